The van der Waals surface area contributed by atoms with E-state index in [4.69, 9.17) is 5.73 Å². The van der Waals surface area contributed by atoms with Crippen molar-refractivity contribution in [2.75, 3.05) is 18.8 Å². The predicted octanol–water partition coefficient (Wildman–Crippen LogP) is 1.94. The van der Waals surface area contributed by atoms with Gasteiger partial charge in [-0.2, -0.15) is 0 Å². The minimum absolute atomic E-state index is 0.100. The van der Waals surface area contributed by atoms with Crippen LogP contribution in [0.3, 0.4) is 0 Å². The maximum atomic E-state index is 12.5. The molecule has 3 rings (SSSR count). The summed E-state index contributed by atoms with van der Waals surface area (Å²) >= 11 is 0. The smallest absolute Gasteiger partial charge is 0.253 e. The predicted molar refractivity (Wildman–Crippen MR) is 77.3 cm³/mol. The van der Waals surface area contributed by atoms with Gasteiger partial charge in [0.05, 0.1) is 12.4 Å². The van der Waals surface area contributed by atoms with Crippen molar-refractivity contribution in [2.45, 2.75) is 18.9 Å². The number of rotatable bonds is 2. The Morgan fingerprint density at radius 2 is 2.10 bits per heavy atom. The number of nitrogen functional groups attached to an aromatic ring is 1. The first-order valence-corrected chi connectivity index (χ1v) is 6.87. The number of nitrogens with two attached hydrogens (primary N) is 1. The number of hydrogen-bond acceptors (Lipinski definition) is 3. The van der Waals surface area contributed by atoms with Gasteiger partial charge in [-0.15, -0.1) is 0 Å². The van der Waals surface area contributed by atoms with Crippen molar-refractivity contribution in [2.24, 2.45) is 0 Å². The SMILES string of the molecule is Nc1cn(C2CCCN(C(=O)c3ccccc3)C2)cn1. The molecule has 5 heteroatoms. The second-order valence-electron chi connectivity index (χ2n) is 5.16. The monoisotopic (exact) mass is 270 g/mol. The summed E-state index contributed by atoms with van der Waals surface area (Å²) in [6.45, 7) is 1.53. The van der Waals surface area contributed by atoms with Gasteiger partial charge in [0.15, 0.2) is 0 Å². The molecule has 2 N–H and O–H groups in total. The van der Waals surface area contributed by atoms with Gasteiger partial charge in [0.25, 0.3) is 5.91 Å². The second kappa shape index (κ2) is 5.36. The summed E-state index contributed by atoms with van der Waals surface area (Å²) in [4.78, 5) is 18.4. The first kappa shape index (κ1) is 12.7. The van der Waals surface area contributed by atoms with Crippen LogP contribution in [0.1, 0.15) is 29.2 Å². The zero-order valence-corrected chi connectivity index (χ0v) is 11.3. The van der Waals surface area contributed by atoms with E-state index in [1.165, 1.54) is 0 Å². The molecule has 1 unspecified atom stereocenters. The molecule has 1 fully saturated rings. The number of amides is 1. The van der Waals surface area contributed by atoms with Crippen LogP contribution in [0.5, 0.6) is 0 Å². The lowest BCUT2D eigenvalue weighted by Gasteiger charge is -2.33. The summed E-state index contributed by atoms with van der Waals surface area (Å²) in [5.74, 6) is 0.625. The molecular formula is C15H18N4O. The van der Waals surface area contributed by atoms with E-state index in [-0.39, 0.29) is 11.9 Å². The zero-order valence-electron chi connectivity index (χ0n) is 11.3. The first-order chi connectivity index (χ1) is 9.74. The fourth-order valence-electron chi connectivity index (χ4n) is 2.70. The average molecular weight is 270 g/mol. The molecule has 0 radical (unpaired) electrons. The molecular weight excluding hydrogens is 252 g/mol. The van der Waals surface area contributed by atoms with Crippen LogP contribution in [0.25, 0.3) is 0 Å². The number of imidazole rings is 1. The molecule has 1 aliphatic heterocycles. The van der Waals surface area contributed by atoms with Gasteiger partial charge in [0, 0.05) is 24.8 Å². The third-order valence-corrected chi connectivity index (χ3v) is 3.75. The molecule has 2 aromatic rings. The van der Waals surface area contributed by atoms with Crippen molar-refractivity contribution in [1.29, 1.82) is 0 Å². The quantitative estimate of drug-likeness (QED) is 0.907. The summed E-state index contributed by atoms with van der Waals surface area (Å²) < 4.78 is 2.01. The number of piperidine rings is 1. The van der Waals surface area contributed by atoms with Crippen LogP contribution >= 0.6 is 0 Å². The number of likely N-dealkylation sites (tertiary alicyclic amines) is 1. The highest BCUT2D eigenvalue weighted by atomic mass is 16.2. The first-order valence-electron chi connectivity index (χ1n) is 6.87. The fourth-order valence-corrected chi connectivity index (χ4v) is 2.70. The van der Waals surface area contributed by atoms with E-state index in [0.29, 0.717) is 12.4 Å². The van der Waals surface area contributed by atoms with Crippen LogP contribution in [0.2, 0.25) is 0 Å². The molecule has 1 aromatic heterocycles. The van der Waals surface area contributed by atoms with Gasteiger partial charge < -0.3 is 15.2 Å². The molecule has 1 aromatic carbocycles. The Kier molecular flexibility index (Phi) is 3.41. The molecule has 1 saturated heterocycles. The molecule has 1 aliphatic rings. The molecule has 20 heavy (non-hydrogen) atoms. The molecule has 0 aliphatic carbocycles. The number of anilines is 1. The Balaban J connectivity index is 1.74. The molecule has 0 spiro atoms. The van der Waals surface area contributed by atoms with Gasteiger partial charge >= 0.3 is 0 Å². The Hall–Kier alpha value is -2.30. The third-order valence-electron chi connectivity index (χ3n) is 3.75. The highest BCUT2D eigenvalue weighted by Crippen LogP contribution is 2.23. The maximum absolute atomic E-state index is 12.5. The highest BCUT2D eigenvalue weighted by molar-refractivity contribution is 5.94. The van der Waals surface area contributed by atoms with E-state index in [0.717, 1.165) is 24.9 Å². The third kappa shape index (κ3) is 2.52. The fraction of sp³-hybridized carbons (Fsp3) is 0.333. The lowest BCUT2D eigenvalue weighted by atomic mass is 10.0. The zero-order chi connectivity index (χ0) is 13.9. The number of aromatic nitrogens is 2. The van der Waals surface area contributed by atoms with E-state index >= 15 is 0 Å². The second-order valence-corrected chi connectivity index (χ2v) is 5.16. The van der Waals surface area contributed by atoms with E-state index in [1.807, 2.05) is 46.0 Å². The van der Waals surface area contributed by atoms with Gasteiger partial charge in [0.1, 0.15) is 5.82 Å². The Bertz CT molecular complexity index is 593. The number of nitrogens with zero attached hydrogens (tertiary/aromatic N) is 3. The van der Waals surface area contributed by atoms with Crippen LogP contribution in [-0.2, 0) is 0 Å². The largest absolute Gasteiger partial charge is 0.382 e. The summed E-state index contributed by atoms with van der Waals surface area (Å²) in [6, 6.07) is 9.70. The molecule has 1 atom stereocenters. The van der Waals surface area contributed by atoms with E-state index in [1.54, 1.807) is 6.33 Å². The van der Waals surface area contributed by atoms with Crippen molar-refractivity contribution in [3.05, 3.63) is 48.4 Å². The maximum Gasteiger partial charge on any atom is 0.253 e. The lowest BCUT2D eigenvalue weighted by Crippen LogP contribution is -2.40. The van der Waals surface area contributed by atoms with Crippen molar-refractivity contribution in [3.8, 4) is 0 Å². The molecule has 0 bridgehead atoms. The van der Waals surface area contributed by atoms with E-state index in [2.05, 4.69) is 4.98 Å². The molecule has 1 amide bonds. The summed E-state index contributed by atoms with van der Waals surface area (Å²) in [7, 11) is 0. The highest BCUT2D eigenvalue weighted by Gasteiger charge is 2.25. The Labute approximate surface area is 118 Å². The van der Waals surface area contributed by atoms with Crippen LogP contribution in [0, 0.1) is 0 Å². The number of hydrogen-bond donors (Lipinski definition) is 1. The van der Waals surface area contributed by atoms with Gasteiger partial charge in [-0.1, -0.05) is 18.2 Å². The van der Waals surface area contributed by atoms with Gasteiger partial charge in [0.2, 0.25) is 0 Å². The Morgan fingerprint density at radius 3 is 2.80 bits per heavy atom. The minimum Gasteiger partial charge on any atom is -0.382 e. The molecule has 5 nitrogen and oxygen atoms in total. The van der Waals surface area contributed by atoms with E-state index < -0.39 is 0 Å². The lowest BCUT2D eigenvalue weighted by molar-refractivity contribution is 0.0679. The minimum atomic E-state index is 0.100. The standard InChI is InChI=1S/C15H18N4O/c16-14-10-19(11-17-14)13-7-4-8-18(9-13)15(20)12-5-2-1-3-6-12/h1-3,5-6,10-11,13H,4,7-9,16H2. The molecule has 2 heterocycles. The van der Waals surface area contributed by atoms with Crippen LogP contribution in [0.4, 0.5) is 5.82 Å². The van der Waals surface area contributed by atoms with Gasteiger partial charge in [-0.25, -0.2) is 4.98 Å². The van der Waals surface area contributed by atoms with Crippen LogP contribution in [0.15, 0.2) is 42.9 Å². The molecule has 104 valence electrons. The Morgan fingerprint density at radius 1 is 1.30 bits per heavy atom. The van der Waals surface area contributed by atoms with Crippen LogP contribution in [-0.4, -0.2) is 33.4 Å². The van der Waals surface area contributed by atoms with Crippen molar-refractivity contribution >= 4 is 11.7 Å². The normalized spacial score (nSPS) is 19.0. The van der Waals surface area contributed by atoms with E-state index in [9.17, 15) is 4.79 Å². The van der Waals surface area contributed by atoms with Gasteiger partial charge in [-0.3, -0.25) is 4.79 Å². The summed E-state index contributed by atoms with van der Waals surface area (Å²) in [6.07, 6.45) is 5.63. The average Bonchev–Trinajstić information content (AvgIpc) is 2.94. The van der Waals surface area contributed by atoms with Crippen molar-refractivity contribution in [3.63, 3.8) is 0 Å². The van der Waals surface area contributed by atoms with Crippen LogP contribution < -0.4 is 5.73 Å². The topological polar surface area (TPSA) is 64.2 Å². The number of carbonyl (C=O) groups excluding carboxylic acids is 1. The number of carbonyl (C=O) groups is 1. The number of benzene rings is 1. The summed E-state index contributed by atoms with van der Waals surface area (Å²) in [5, 5.41) is 0. The molecule has 0 saturated carbocycles. The summed E-state index contributed by atoms with van der Waals surface area (Å²) in [5.41, 5.74) is 6.41. The van der Waals surface area contributed by atoms with Gasteiger partial charge in [-0.05, 0) is 25.0 Å². The van der Waals surface area contributed by atoms with Crippen molar-refractivity contribution in [1.82, 2.24) is 14.5 Å². The van der Waals surface area contributed by atoms with Crippen molar-refractivity contribution < 1.29 is 4.79 Å².